The molecule has 0 atom stereocenters. The van der Waals surface area contributed by atoms with Crippen LogP contribution in [0.15, 0.2) is 53.4 Å². The Hall–Kier alpha value is -4.15. The zero-order valence-electron chi connectivity index (χ0n) is 18.1. The molecule has 11 nitrogen and oxygen atoms in total. The number of ether oxygens (including phenoxy) is 1. The van der Waals surface area contributed by atoms with Crippen molar-refractivity contribution in [2.45, 2.75) is 13.5 Å². The van der Waals surface area contributed by atoms with Crippen LogP contribution in [0.3, 0.4) is 0 Å². The summed E-state index contributed by atoms with van der Waals surface area (Å²) in [5.74, 6) is 1.13. The molecule has 3 heterocycles. The molecular formula is C22H24N6O5. The maximum Gasteiger partial charge on any atom is 0.353 e. The number of rotatable bonds is 8. The monoisotopic (exact) mass is 452 g/mol. The fourth-order valence-corrected chi connectivity index (χ4v) is 3.70. The Morgan fingerprint density at radius 3 is 2.67 bits per heavy atom. The lowest BCUT2D eigenvalue weighted by Gasteiger charge is -2.34. The third kappa shape index (κ3) is 4.86. The quantitative estimate of drug-likeness (QED) is 0.405. The molecule has 0 radical (unpaired) electrons. The highest BCUT2D eigenvalue weighted by Crippen LogP contribution is 2.33. The largest absolute Gasteiger partial charge is 0.494 e. The van der Waals surface area contributed by atoms with Gasteiger partial charge in [0.15, 0.2) is 5.76 Å². The highest BCUT2D eigenvalue weighted by molar-refractivity contribution is 5.91. The molecule has 172 valence electrons. The molecule has 1 fully saturated rings. The maximum absolute atomic E-state index is 12.5. The van der Waals surface area contributed by atoms with E-state index in [2.05, 4.69) is 15.3 Å². The molecule has 1 aliphatic rings. The van der Waals surface area contributed by atoms with E-state index in [-0.39, 0.29) is 29.0 Å². The van der Waals surface area contributed by atoms with Crippen molar-refractivity contribution in [3.63, 3.8) is 0 Å². The molecule has 11 heteroatoms. The standard InChI is InChI=1S/C22H24N6O5/c1-2-32-17-7-4-3-6-16(17)14-23-20-19(28(30)31)21(25-15-24-20)26-9-11-27(12-10-26)22(29)18-8-5-13-33-18/h3-8,13,15H,2,9-12,14H2,1H3,(H,23,24,25). The number of benzene rings is 1. The Kier molecular flexibility index (Phi) is 6.67. The molecule has 0 spiro atoms. The minimum absolute atomic E-state index is 0.130. The van der Waals surface area contributed by atoms with E-state index in [9.17, 15) is 14.9 Å². The van der Waals surface area contributed by atoms with Gasteiger partial charge in [-0.25, -0.2) is 9.97 Å². The molecule has 1 aliphatic heterocycles. The van der Waals surface area contributed by atoms with Gasteiger partial charge < -0.3 is 24.3 Å². The van der Waals surface area contributed by atoms with Crippen LogP contribution >= 0.6 is 0 Å². The summed E-state index contributed by atoms with van der Waals surface area (Å²) >= 11 is 0. The summed E-state index contributed by atoms with van der Waals surface area (Å²) in [7, 11) is 0. The molecule has 1 N–H and O–H groups in total. The predicted molar refractivity (Wildman–Crippen MR) is 120 cm³/mol. The van der Waals surface area contributed by atoms with E-state index in [0.717, 1.165) is 5.56 Å². The van der Waals surface area contributed by atoms with Crippen molar-refractivity contribution in [1.82, 2.24) is 14.9 Å². The Morgan fingerprint density at radius 1 is 1.18 bits per heavy atom. The molecule has 4 rings (SSSR count). The first kappa shape index (κ1) is 22.1. The van der Waals surface area contributed by atoms with Gasteiger partial charge in [0.2, 0.25) is 11.6 Å². The Balaban J connectivity index is 1.49. The minimum Gasteiger partial charge on any atom is -0.494 e. The summed E-state index contributed by atoms with van der Waals surface area (Å²) in [6, 6.07) is 10.8. The summed E-state index contributed by atoms with van der Waals surface area (Å²) in [4.78, 5) is 35.7. The Labute approximate surface area is 190 Å². The van der Waals surface area contributed by atoms with Crippen molar-refractivity contribution in [2.24, 2.45) is 0 Å². The first-order valence-electron chi connectivity index (χ1n) is 10.6. The molecule has 3 aromatic rings. The van der Waals surface area contributed by atoms with Crippen LogP contribution in [0.4, 0.5) is 17.3 Å². The summed E-state index contributed by atoms with van der Waals surface area (Å²) in [6.07, 6.45) is 2.76. The summed E-state index contributed by atoms with van der Waals surface area (Å²) in [5, 5.41) is 15.0. The molecule has 1 amide bonds. The van der Waals surface area contributed by atoms with Crippen molar-refractivity contribution in [3.8, 4) is 5.75 Å². The number of nitrogens with zero attached hydrogens (tertiary/aromatic N) is 5. The number of anilines is 2. The zero-order valence-corrected chi connectivity index (χ0v) is 18.1. The van der Waals surface area contributed by atoms with Gasteiger partial charge in [0.25, 0.3) is 5.91 Å². The average molecular weight is 452 g/mol. The molecule has 33 heavy (non-hydrogen) atoms. The number of piperazine rings is 1. The topological polar surface area (TPSA) is 127 Å². The van der Waals surface area contributed by atoms with Crippen LogP contribution in [-0.2, 0) is 6.54 Å². The number of para-hydroxylation sites is 1. The van der Waals surface area contributed by atoms with Crippen LogP contribution in [0.5, 0.6) is 5.75 Å². The second-order valence-corrected chi connectivity index (χ2v) is 7.30. The number of nitrogens with one attached hydrogen (secondary N) is 1. The van der Waals surface area contributed by atoms with E-state index in [1.807, 2.05) is 31.2 Å². The predicted octanol–water partition coefficient (Wildman–Crippen LogP) is 2.95. The third-order valence-corrected chi connectivity index (χ3v) is 5.30. The Morgan fingerprint density at radius 2 is 1.97 bits per heavy atom. The average Bonchev–Trinajstić information content (AvgIpc) is 3.38. The number of amides is 1. The van der Waals surface area contributed by atoms with E-state index < -0.39 is 4.92 Å². The smallest absolute Gasteiger partial charge is 0.353 e. The fraction of sp³-hybridized carbons (Fsp3) is 0.318. The number of furan rings is 1. The third-order valence-electron chi connectivity index (χ3n) is 5.30. The number of carbonyl (C=O) groups is 1. The van der Waals surface area contributed by atoms with Crippen LogP contribution in [0.25, 0.3) is 0 Å². The van der Waals surface area contributed by atoms with Crippen molar-refractivity contribution >= 4 is 23.2 Å². The molecular weight excluding hydrogens is 428 g/mol. The van der Waals surface area contributed by atoms with Gasteiger partial charge in [-0.2, -0.15) is 0 Å². The Bertz CT molecular complexity index is 1110. The number of aromatic nitrogens is 2. The van der Waals surface area contributed by atoms with Gasteiger partial charge in [0.05, 0.1) is 17.8 Å². The fourth-order valence-electron chi connectivity index (χ4n) is 3.70. The summed E-state index contributed by atoms with van der Waals surface area (Å²) < 4.78 is 10.8. The second-order valence-electron chi connectivity index (χ2n) is 7.30. The molecule has 0 bridgehead atoms. The van der Waals surface area contributed by atoms with Gasteiger partial charge in [0.1, 0.15) is 12.1 Å². The molecule has 0 saturated carbocycles. The number of hydrogen-bond donors (Lipinski definition) is 1. The van der Waals surface area contributed by atoms with Crippen molar-refractivity contribution < 1.29 is 18.9 Å². The zero-order chi connectivity index (χ0) is 23.2. The lowest BCUT2D eigenvalue weighted by Crippen LogP contribution is -2.49. The summed E-state index contributed by atoms with van der Waals surface area (Å²) in [5.41, 5.74) is 0.663. The first-order valence-corrected chi connectivity index (χ1v) is 10.6. The number of hydrogen-bond acceptors (Lipinski definition) is 9. The lowest BCUT2D eigenvalue weighted by molar-refractivity contribution is -0.383. The highest BCUT2D eigenvalue weighted by atomic mass is 16.6. The van der Waals surface area contributed by atoms with Gasteiger partial charge >= 0.3 is 5.69 Å². The molecule has 0 aliphatic carbocycles. The van der Waals surface area contributed by atoms with Crippen LogP contribution in [-0.4, -0.2) is 58.5 Å². The van der Waals surface area contributed by atoms with Crippen molar-refractivity contribution in [1.29, 1.82) is 0 Å². The minimum atomic E-state index is -0.480. The number of carbonyl (C=O) groups excluding carboxylic acids is 1. The SMILES string of the molecule is CCOc1ccccc1CNc1ncnc(N2CCN(C(=O)c3ccco3)CC2)c1[N+](=O)[O-]. The van der Waals surface area contributed by atoms with E-state index in [1.165, 1.54) is 12.6 Å². The van der Waals surface area contributed by atoms with Gasteiger partial charge in [-0.3, -0.25) is 14.9 Å². The maximum atomic E-state index is 12.5. The van der Waals surface area contributed by atoms with Crippen LogP contribution < -0.4 is 15.0 Å². The highest BCUT2D eigenvalue weighted by Gasteiger charge is 2.31. The van der Waals surface area contributed by atoms with Crippen molar-refractivity contribution in [3.05, 3.63) is 70.4 Å². The lowest BCUT2D eigenvalue weighted by atomic mass is 10.2. The normalized spacial score (nSPS) is 13.6. The van der Waals surface area contributed by atoms with Gasteiger partial charge in [0, 0.05) is 38.3 Å². The molecule has 1 saturated heterocycles. The van der Waals surface area contributed by atoms with Crippen LogP contribution in [0.1, 0.15) is 23.0 Å². The van der Waals surface area contributed by atoms with Gasteiger partial charge in [-0.15, -0.1) is 0 Å². The molecule has 0 unspecified atom stereocenters. The van der Waals surface area contributed by atoms with E-state index in [1.54, 1.807) is 21.9 Å². The van der Waals surface area contributed by atoms with Gasteiger partial charge in [-0.05, 0) is 25.1 Å². The van der Waals surface area contributed by atoms with Crippen LogP contribution in [0.2, 0.25) is 0 Å². The van der Waals surface area contributed by atoms with E-state index in [0.29, 0.717) is 45.1 Å². The van der Waals surface area contributed by atoms with Crippen molar-refractivity contribution in [2.75, 3.05) is 43.0 Å². The van der Waals surface area contributed by atoms with E-state index in [4.69, 9.17) is 9.15 Å². The molecule has 2 aromatic heterocycles. The second kappa shape index (κ2) is 9.98. The van der Waals surface area contributed by atoms with Crippen LogP contribution in [0, 0.1) is 10.1 Å². The first-order chi connectivity index (χ1) is 16.1. The summed E-state index contributed by atoms with van der Waals surface area (Å²) in [6.45, 7) is 4.31. The molecule has 1 aromatic carbocycles. The number of nitro groups is 1. The van der Waals surface area contributed by atoms with Gasteiger partial charge in [-0.1, -0.05) is 18.2 Å². The van der Waals surface area contributed by atoms with E-state index >= 15 is 0 Å².